The van der Waals surface area contributed by atoms with E-state index in [4.69, 9.17) is 0 Å². The van der Waals surface area contributed by atoms with Gasteiger partial charge < -0.3 is 5.11 Å². The maximum Gasteiger partial charge on any atom is 0.211 e. The summed E-state index contributed by atoms with van der Waals surface area (Å²) in [6.45, 7) is 2.55. The average molecular weight is 325 g/mol. The Morgan fingerprint density at radius 2 is 2.23 bits per heavy atom. The molecule has 0 aliphatic carbocycles. The van der Waals surface area contributed by atoms with Crippen molar-refractivity contribution in [3.8, 4) is 0 Å². The lowest BCUT2D eigenvalue weighted by molar-refractivity contribution is -0.0380. The van der Waals surface area contributed by atoms with Crippen LogP contribution in [0, 0.1) is 0 Å². The molecular formula is C15H23N3O3S. The van der Waals surface area contributed by atoms with E-state index in [-0.39, 0.29) is 0 Å². The minimum absolute atomic E-state index is 0.501. The van der Waals surface area contributed by atoms with Gasteiger partial charge in [0.15, 0.2) is 0 Å². The zero-order valence-corrected chi connectivity index (χ0v) is 13.7. The number of β-amino-alcohol motifs (C(OH)–C–C–N with tert-alkyl or cyclic N) is 1. The molecule has 3 rings (SSSR count). The van der Waals surface area contributed by atoms with E-state index in [2.05, 4.69) is 9.88 Å². The number of aliphatic hydroxyl groups excluding tert-OH is 1. The molecule has 122 valence electrons. The second-order valence-corrected chi connectivity index (χ2v) is 8.31. The molecule has 7 heteroatoms. The third kappa shape index (κ3) is 2.90. The number of aromatic nitrogens is 1. The van der Waals surface area contributed by atoms with Crippen molar-refractivity contribution in [2.24, 2.45) is 0 Å². The van der Waals surface area contributed by atoms with Crippen LogP contribution in [0.2, 0.25) is 0 Å². The molecule has 2 fully saturated rings. The molecule has 2 atom stereocenters. The number of pyridine rings is 1. The summed E-state index contributed by atoms with van der Waals surface area (Å²) in [7, 11) is -3.28. The average Bonchev–Trinajstić information content (AvgIpc) is 2.89. The Hall–Kier alpha value is -1.02. The number of piperidine rings is 1. The Morgan fingerprint density at radius 3 is 2.86 bits per heavy atom. The number of sulfonamides is 1. The van der Waals surface area contributed by atoms with Gasteiger partial charge in [0.1, 0.15) is 0 Å². The molecule has 0 radical (unpaired) electrons. The third-order valence-electron chi connectivity index (χ3n) is 4.91. The van der Waals surface area contributed by atoms with Gasteiger partial charge >= 0.3 is 0 Å². The number of rotatable bonds is 3. The fourth-order valence-electron chi connectivity index (χ4n) is 3.87. The summed E-state index contributed by atoms with van der Waals surface area (Å²) in [4.78, 5) is 6.28. The molecule has 1 aromatic heterocycles. The zero-order valence-electron chi connectivity index (χ0n) is 12.9. The maximum atomic E-state index is 12.0. The third-order valence-corrected chi connectivity index (χ3v) is 6.26. The number of likely N-dealkylation sites (tertiary alicyclic amines) is 1. The summed E-state index contributed by atoms with van der Waals surface area (Å²) in [5, 5.41) is 10.7. The SMILES string of the molecule is CS(=O)(=O)N1CCC[C@@]12CCN(Cc1cccnc1)C[C@@H]2O. The van der Waals surface area contributed by atoms with Crippen LogP contribution in [0.15, 0.2) is 24.5 Å². The highest BCUT2D eigenvalue weighted by Crippen LogP contribution is 2.40. The first-order valence-corrected chi connectivity index (χ1v) is 9.54. The van der Waals surface area contributed by atoms with Crippen LogP contribution >= 0.6 is 0 Å². The van der Waals surface area contributed by atoms with Crippen molar-refractivity contribution in [2.45, 2.75) is 37.5 Å². The lowest BCUT2D eigenvalue weighted by Crippen LogP contribution is -2.62. The highest BCUT2D eigenvalue weighted by molar-refractivity contribution is 7.88. The van der Waals surface area contributed by atoms with Crippen LogP contribution in [0.5, 0.6) is 0 Å². The second-order valence-electron chi connectivity index (χ2n) is 6.40. The molecule has 2 saturated heterocycles. The fourth-order valence-corrected chi connectivity index (χ4v) is 5.30. The van der Waals surface area contributed by atoms with Gasteiger partial charge in [0.2, 0.25) is 10.0 Å². The number of aliphatic hydroxyl groups is 1. The quantitative estimate of drug-likeness (QED) is 0.873. The fraction of sp³-hybridized carbons (Fsp3) is 0.667. The van der Waals surface area contributed by atoms with Gasteiger partial charge in [-0.15, -0.1) is 0 Å². The number of hydrogen-bond donors (Lipinski definition) is 1. The van der Waals surface area contributed by atoms with Crippen molar-refractivity contribution in [1.29, 1.82) is 0 Å². The Morgan fingerprint density at radius 1 is 1.41 bits per heavy atom. The highest BCUT2D eigenvalue weighted by Gasteiger charge is 2.52. The summed E-state index contributed by atoms with van der Waals surface area (Å²) < 4.78 is 25.6. The predicted molar refractivity (Wildman–Crippen MR) is 83.7 cm³/mol. The maximum absolute atomic E-state index is 12.0. The molecule has 2 aliphatic rings. The Bertz CT molecular complexity index is 622. The minimum Gasteiger partial charge on any atom is -0.390 e. The van der Waals surface area contributed by atoms with E-state index in [9.17, 15) is 13.5 Å². The Labute approximate surface area is 131 Å². The minimum atomic E-state index is -3.28. The van der Waals surface area contributed by atoms with Crippen molar-refractivity contribution < 1.29 is 13.5 Å². The lowest BCUT2D eigenvalue weighted by atomic mass is 9.83. The standard InChI is InChI=1S/C15H23N3O3S/c1-22(20,21)18-8-3-5-15(18)6-9-17(12-14(15)19)11-13-4-2-7-16-10-13/h2,4,7,10,14,19H,3,5-6,8-9,11-12H2,1H3/t14-,15-/m0/s1. The van der Waals surface area contributed by atoms with E-state index in [1.165, 1.54) is 10.6 Å². The molecule has 1 aromatic rings. The van der Waals surface area contributed by atoms with E-state index in [0.717, 1.165) is 31.5 Å². The van der Waals surface area contributed by atoms with Gasteiger partial charge in [-0.05, 0) is 30.9 Å². The molecule has 1 N–H and O–H groups in total. The van der Waals surface area contributed by atoms with Crippen LogP contribution in [0.1, 0.15) is 24.8 Å². The van der Waals surface area contributed by atoms with Gasteiger partial charge in [0.05, 0.1) is 17.9 Å². The van der Waals surface area contributed by atoms with Crippen molar-refractivity contribution in [1.82, 2.24) is 14.2 Å². The van der Waals surface area contributed by atoms with Gasteiger partial charge in [-0.3, -0.25) is 9.88 Å². The van der Waals surface area contributed by atoms with Gasteiger partial charge in [0, 0.05) is 38.6 Å². The Balaban J connectivity index is 1.72. The van der Waals surface area contributed by atoms with Gasteiger partial charge in [-0.25, -0.2) is 8.42 Å². The van der Waals surface area contributed by atoms with Gasteiger partial charge in [-0.1, -0.05) is 6.07 Å². The summed E-state index contributed by atoms with van der Waals surface area (Å²) in [6.07, 6.45) is 6.43. The van der Waals surface area contributed by atoms with Crippen LogP contribution in [0.25, 0.3) is 0 Å². The van der Waals surface area contributed by atoms with E-state index < -0.39 is 21.7 Å². The Kier molecular flexibility index (Phi) is 4.24. The normalized spacial score (nSPS) is 30.9. The number of nitrogens with zero attached hydrogens (tertiary/aromatic N) is 3. The molecule has 0 bridgehead atoms. The van der Waals surface area contributed by atoms with E-state index in [0.29, 0.717) is 19.5 Å². The molecule has 0 amide bonds. The van der Waals surface area contributed by atoms with Crippen molar-refractivity contribution in [2.75, 3.05) is 25.9 Å². The van der Waals surface area contributed by atoms with Crippen LogP contribution < -0.4 is 0 Å². The summed E-state index contributed by atoms with van der Waals surface area (Å²) >= 11 is 0. The predicted octanol–water partition coefficient (Wildman–Crippen LogP) is 0.442. The molecule has 22 heavy (non-hydrogen) atoms. The van der Waals surface area contributed by atoms with Crippen molar-refractivity contribution >= 4 is 10.0 Å². The van der Waals surface area contributed by atoms with Gasteiger partial charge in [-0.2, -0.15) is 4.31 Å². The molecular weight excluding hydrogens is 302 g/mol. The topological polar surface area (TPSA) is 73.7 Å². The first-order valence-electron chi connectivity index (χ1n) is 7.69. The zero-order chi connectivity index (χ0) is 15.8. The smallest absolute Gasteiger partial charge is 0.211 e. The van der Waals surface area contributed by atoms with Gasteiger partial charge in [0.25, 0.3) is 0 Å². The molecule has 3 heterocycles. The van der Waals surface area contributed by atoms with Crippen LogP contribution in [0.3, 0.4) is 0 Å². The first-order chi connectivity index (χ1) is 10.4. The summed E-state index contributed by atoms with van der Waals surface area (Å²) in [5.41, 5.74) is 0.510. The molecule has 2 aliphatic heterocycles. The van der Waals surface area contributed by atoms with E-state index in [1.807, 2.05) is 18.3 Å². The molecule has 6 nitrogen and oxygen atoms in total. The monoisotopic (exact) mass is 325 g/mol. The van der Waals surface area contributed by atoms with Crippen LogP contribution in [-0.4, -0.2) is 65.2 Å². The summed E-state index contributed by atoms with van der Waals surface area (Å²) in [6, 6.07) is 3.92. The molecule has 0 unspecified atom stereocenters. The largest absolute Gasteiger partial charge is 0.390 e. The van der Waals surface area contributed by atoms with Crippen molar-refractivity contribution in [3.63, 3.8) is 0 Å². The van der Waals surface area contributed by atoms with E-state index in [1.54, 1.807) is 6.20 Å². The molecule has 0 saturated carbocycles. The molecule has 1 spiro atoms. The number of hydrogen-bond acceptors (Lipinski definition) is 5. The van der Waals surface area contributed by atoms with Crippen molar-refractivity contribution in [3.05, 3.63) is 30.1 Å². The summed E-state index contributed by atoms with van der Waals surface area (Å²) in [5.74, 6) is 0. The van der Waals surface area contributed by atoms with Crippen LogP contribution in [0.4, 0.5) is 0 Å². The van der Waals surface area contributed by atoms with E-state index >= 15 is 0 Å². The first kappa shape index (κ1) is 15.9. The second kappa shape index (κ2) is 5.88. The lowest BCUT2D eigenvalue weighted by Gasteiger charge is -2.47. The van der Waals surface area contributed by atoms with Crippen LogP contribution in [-0.2, 0) is 16.6 Å². The molecule has 0 aromatic carbocycles. The highest BCUT2D eigenvalue weighted by atomic mass is 32.2.